The maximum atomic E-state index is 12.5. The van der Waals surface area contributed by atoms with Gasteiger partial charge >= 0.3 is 0 Å². The van der Waals surface area contributed by atoms with Crippen molar-refractivity contribution < 1.29 is 9.21 Å². The number of thioether (sulfide) groups is 1. The highest BCUT2D eigenvalue weighted by Crippen LogP contribution is 2.49. The SMILES string of the molecule is C[C@@H](Sc1nc2ccccc2o1)C(=O)N[C@H](C)[C@@H]1C[C@@H]2CC[C@@H]1C2. The molecule has 24 heavy (non-hydrogen) atoms. The van der Waals surface area contributed by atoms with Crippen LogP contribution < -0.4 is 5.32 Å². The molecule has 4 rings (SSSR count). The Morgan fingerprint density at radius 2 is 2.12 bits per heavy atom. The smallest absolute Gasteiger partial charge is 0.257 e. The third-order valence-corrected chi connectivity index (χ3v) is 6.67. The molecule has 0 aliphatic heterocycles. The van der Waals surface area contributed by atoms with Crippen molar-refractivity contribution in [1.82, 2.24) is 10.3 Å². The summed E-state index contributed by atoms with van der Waals surface area (Å²) in [6, 6.07) is 7.94. The lowest BCUT2D eigenvalue weighted by Crippen LogP contribution is -2.43. The lowest BCUT2D eigenvalue weighted by atomic mass is 9.84. The summed E-state index contributed by atoms with van der Waals surface area (Å²) in [5.74, 6) is 2.47. The molecule has 128 valence electrons. The van der Waals surface area contributed by atoms with Crippen LogP contribution in [0.25, 0.3) is 11.1 Å². The van der Waals surface area contributed by atoms with Crippen LogP contribution in [0.1, 0.15) is 39.5 Å². The summed E-state index contributed by atoms with van der Waals surface area (Å²) >= 11 is 1.39. The molecule has 0 unspecified atom stereocenters. The summed E-state index contributed by atoms with van der Waals surface area (Å²) < 4.78 is 5.71. The third-order valence-electron chi connectivity index (χ3n) is 5.73. The Labute approximate surface area is 146 Å². The second-order valence-electron chi connectivity index (χ2n) is 7.34. The van der Waals surface area contributed by atoms with E-state index in [0.717, 1.165) is 22.9 Å². The number of rotatable bonds is 5. The van der Waals surface area contributed by atoms with Crippen molar-refractivity contribution in [3.63, 3.8) is 0 Å². The molecule has 0 spiro atoms. The van der Waals surface area contributed by atoms with Crippen LogP contribution in [0.2, 0.25) is 0 Å². The average molecular weight is 344 g/mol. The molecule has 2 aliphatic carbocycles. The van der Waals surface area contributed by atoms with Gasteiger partial charge in [-0.3, -0.25) is 4.79 Å². The molecule has 5 heteroatoms. The number of fused-ring (bicyclic) bond motifs is 3. The molecule has 1 aromatic carbocycles. The van der Waals surface area contributed by atoms with Gasteiger partial charge in [0, 0.05) is 6.04 Å². The summed E-state index contributed by atoms with van der Waals surface area (Å²) in [7, 11) is 0. The number of hydrogen-bond acceptors (Lipinski definition) is 4. The molecular weight excluding hydrogens is 320 g/mol. The van der Waals surface area contributed by atoms with Crippen molar-refractivity contribution in [2.24, 2.45) is 17.8 Å². The predicted molar refractivity (Wildman–Crippen MR) is 95.9 cm³/mol. The first-order valence-corrected chi connectivity index (χ1v) is 9.80. The van der Waals surface area contributed by atoms with Crippen molar-refractivity contribution >= 4 is 28.8 Å². The number of nitrogens with zero attached hydrogens (tertiary/aromatic N) is 1. The molecule has 1 heterocycles. The van der Waals surface area contributed by atoms with Gasteiger partial charge < -0.3 is 9.73 Å². The number of benzene rings is 1. The molecule has 2 bridgehead atoms. The number of aromatic nitrogens is 1. The van der Waals surface area contributed by atoms with Gasteiger partial charge in [-0.1, -0.05) is 30.3 Å². The topological polar surface area (TPSA) is 55.1 Å². The number of amides is 1. The van der Waals surface area contributed by atoms with Crippen molar-refractivity contribution in [1.29, 1.82) is 0 Å². The van der Waals surface area contributed by atoms with E-state index in [1.165, 1.54) is 37.4 Å². The predicted octanol–water partition coefficient (Wildman–Crippen LogP) is 4.25. The molecule has 1 aromatic heterocycles. The number of carbonyl (C=O) groups excluding carboxylic acids is 1. The number of para-hydroxylation sites is 2. The Kier molecular flexibility index (Phi) is 4.29. The average Bonchev–Trinajstić information content (AvgIpc) is 3.28. The van der Waals surface area contributed by atoms with Crippen molar-refractivity contribution in [3.05, 3.63) is 24.3 Å². The van der Waals surface area contributed by atoms with E-state index in [-0.39, 0.29) is 17.2 Å². The minimum atomic E-state index is -0.209. The van der Waals surface area contributed by atoms with Crippen LogP contribution >= 0.6 is 11.8 Å². The van der Waals surface area contributed by atoms with E-state index in [9.17, 15) is 4.79 Å². The summed E-state index contributed by atoms with van der Waals surface area (Å²) in [5, 5.41) is 3.58. The molecule has 1 amide bonds. The first kappa shape index (κ1) is 16.0. The number of carbonyl (C=O) groups is 1. The minimum absolute atomic E-state index is 0.0810. The monoisotopic (exact) mass is 344 g/mol. The first-order valence-electron chi connectivity index (χ1n) is 8.92. The van der Waals surface area contributed by atoms with E-state index in [2.05, 4.69) is 17.2 Å². The maximum absolute atomic E-state index is 12.5. The van der Waals surface area contributed by atoms with Gasteiger partial charge in [0.2, 0.25) is 5.91 Å². The second kappa shape index (κ2) is 6.43. The van der Waals surface area contributed by atoms with Gasteiger partial charge in [-0.2, -0.15) is 0 Å². The molecule has 4 nitrogen and oxygen atoms in total. The van der Waals surface area contributed by atoms with Gasteiger partial charge in [0.1, 0.15) is 5.52 Å². The van der Waals surface area contributed by atoms with Gasteiger partial charge in [-0.05, 0) is 63.0 Å². The molecule has 0 radical (unpaired) electrons. The van der Waals surface area contributed by atoms with E-state index in [1.807, 2.05) is 31.2 Å². The van der Waals surface area contributed by atoms with Gasteiger partial charge in [-0.15, -0.1) is 0 Å². The van der Waals surface area contributed by atoms with E-state index in [0.29, 0.717) is 11.1 Å². The zero-order valence-electron chi connectivity index (χ0n) is 14.2. The highest BCUT2D eigenvalue weighted by molar-refractivity contribution is 8.00. The normalized spacial score (nSPS) is 28.2. The van der Waals surface area contributed by atoms with Crippen molar-refractivity contribution in [3.8, 4) is 0 Å². The fraction of sp³-hybridized carbons (Fsp3) is 0.579. The zero-order valence-corrected chi connectivity index (χ0v) is 15.0. The van der Waals surface area contributed by atoms with Gasteiger partial charge in [0.15, 0.2) is 5.58 Å². The second-order valence-corrected chi connectivity index (χ2v) is 8.64. The van der Waals surface area contributed by atoms with Crippen molar-refractivity contribution in [2.45, 2.75) is 56.0 Å². The summed E-state index contributed by atoms with van der Waals surface area (Å²) in [6.07, 6.45) is 5.41. The zero-order chi connectivity index (χ0) is 16.7. The Balaban J connectivity index is 1.35. The van der Waals surface area contributed by atoms with Crippen LogP contribution in [-0.2, 0) is 4.79 Å². The van der Waals surface area contributed by atoms with E-state index in [1.54, 1.807) is 0 Å². The van der Waals surface area contributed by atoms with E-state index in [4.69, 9.17) is 4.42 Å². The Bertz CT molecular complexity index is 711. The third kappa shape index (κ3) is 3.06. The van der Waals surface area contributed by atoms with Gasteiger partial charge in [0.25, 0.3) is 5.22 Å². The van der Waals surface area contributed by atoms with Gasteiger partial charge in [-0.25, -0.2) is 4.98 Å². The molecular formula is C19H24N2O2S. The molecule has 1 N–H and O–H groups in total. The van der Waals surface area contributed by atoms with Crippen LogP contribution in [0.4, 0.5) is 0 Å². The molecule has 2 aliphatic rings. The maximum Gasteiger partial charge on any atom is 0.257 e. The van der Waals surface area contributed by atoms with Crippen LogP contribution in [0.15, 0.2) is 33.9 Å². The Hall–Kier alpha value is -1.49. The molecule has 0 saturated heterocycles. The summed E-state index contributed by atoms with van der Waals surface area (Å²) in [4.78, 5) is 17.0. The standard InChI is InChI=1S/C19H24N2O2S/c1-11(15-10-13-7-8-14(15)9-13)20-18(22)12(2)24-19-21-16-5-3-4-6-17(16)23-19/h3-6,11-15H,7-10H2,1-2H3,(H,20,22)/t11-,12-,13-,14-,15+/m1/s1. The van der Waals surface area contributed by atoms with Crippen LogP contribution in [0.3, 0.4) is 0 Å². The number of nitrogens with one attached hydrogen (secondary N) is 1. The van der Waals surface area contributed by atoms with Crippen LogP contribution in [-0.4, -0.2) is 22.2 Å². The quantitative estimate of drug-likeness (QED) is 0.824. The van der Waals surface area contributed by atoms with Gasteiger partial charge in [0.05, 0.1) is 5.25 Å². The number of hydrogen-bond donors (Lipinski definition) is 1. The number of oxazole rings is 1. The first-order chi connectivity index (χ1) is 11.6. The summed E-state index contributed by atoms with van der Waals surface area (Å²) in [5.41, 5.74) is 1.60. The van der Waals surface area contributed by atoms with Crippen LogP contribution in [0.5, 0.6) is 0 Å². The lowest BCUT2D eigenvalue weighted by Gasteiger charge is -2.29. The fourth-order valence-electron chi connectivity index (χ4n) is 4.46. The lowest BCUT2D eigenvalue weighted by molar-refractivity contribution is -0.121. The fourth-order valence-corrected chi connectivity index (χ4v) is 5.23. The Morgan fingerprint density at radius 3 is 2.83 bits per heavy atom. The molecule has 2 aromatic rings. The van der Waals surface area contributed by atoms with Crippen molar-refractivity contribution in [2.75, 3.05) is 0 Å². The molecule has 2 fully saturated rings. The van der Waals surface area contributed by atoms with E-state index >= 15 is 0 Å². The highest BCUT2D eigenvalue weighted by atomic mass is 32.2. The summed E-state index contributed by atoms with van der Waals surface area (Å²) in [6.45, 7) is 4.09. The highest BCUT2D eigenvalue weighted by Gasteiger charge is 2.42. The Morgan fingerprint density at radius 1 is 1.29 bits per heavy atom. The van der Waals surface area contributed by atoms with E-state index < -0.39 is 0 Å². The molecule has 5 atom stereocenters. The minimum Gasteiger partial charge on any atom is -0.431 e. The van der Waals surface area contributed by atoms with Crippen LogP contribution in [0, 0.1) is 17.8 Å². The molecule has 2 saturated carbocycles. The largest absolute Gasteiger partial charge is 0.431 e.